The van der Waals surface area contributed by atoms with Crippen molar-refractivity contribution in [3.63, 3.8) is 0 Å². The number of furan rings is 2. The van der Waals surface area contributed by atoms with Gasteiger partial charge in [-0.1, -0.05) is 64.1 Å². The molecule has 2 aromatic heterocycles. The summed E-state index contributed by atoms with van der Waals surface area (Å²) in [6.45, 7) is 8.75. The zero-order chi connectivity index (χ0) is 17.6. The molecule has 126 valence electrons. The highest BCUT2D eigenvalue weighted by molar-refractivity contribution is 6.25. The topological polar surface area (TPSA) is 26.3 Å². The highest BCUT2D eigenvalue weighted by atomic mass is 16.3. The molecule has 25 heavy (non-hydrogen) atoms. The molecule has 0 fully saturated rings. The van der Waals surface area contributed by atoms with Crippen molar-refractivity contribution < 1.29 is 8.83 Å². The van der Waals surface area contributed by atoms with Gasteiger partial charge in [-0.3, -0.25) is 0 Å². The molecule has 0 spiro atoms. The maximum absolute atomic E-state index is 5.94. The average Bonchev–Trinajstić information content (AvgIpc) is 3.10. The van der Waals surface area contributed by atoms with Crippen molar-refractivity contribution in [3.05, 3.63) is 60.7 Å². The van der Waals surface area contributed by atoms with Crippen LogP contribution in [0.3, 0.4) is 0 Å². The van der Waals surface area contributed by atoms with Crippen LogP contribution in [0.5, 0.6) is 0 Å². The molecule has 5 rings (SSSR count). The Bertz CT molecular complexity index is 1090. The summed E-state index contributed by atoms with van der Waals surface area (Å²) in [5, 5.41) is 4.56. The van der Waals surface area contributed by atoms with Crippen molar-refractivity contribution in [1.82, 2.24) is 0 Å². The molecule has 0 saturated carbocycles. The molecule has 0 aliphatic carbocycles. The summed E-state index contributed by atoms with van der Waals surface area (Å²) >= 11 is 0. The fraction of sp³-hybridized carbons (Fsp3) is 0.217. The quantitative estimate of drug-likeness (QED) is 0.293. The first-order chi connectivity index (χ1) is 11.9. The average molecular weight is 330 g/mol. The molecule has 0 N–H and O–H groups in total. The SMILES string of the molecule is CC(C)(C)C.c1ccc2c(c1)oc1ccc3oc4ccccc4c3c12. The van der Waals surface area contributed by atoms with E-state index in [2.05, 4.69) is 39.8 Å². The summed E-state index contributed by atoms with van der Waals surface area (Å²) in [7, 11) is 0. The molecule has 2 heteroatoms. The summed E-state index contributed by atoms with van der Waals surface area (Å²) in [5.74, 6) is 0. The zero-order valence-corrected chi connectivity index (χ0v) is 15.1. The van der Waals surface area contributed by atoms with Crippen LogP contribution in [-0.4, -0.2) is 0 Å². The summed E-state index contributed by atoms with van der Waals surface area (Å²) < 4.78 is 11.9. The Morgan fingerprint density at radius 2 is 0.880 bits per heavy atom. The van der Waals surface area contributed by atoms with Crippen LogP contribution in [0.1, 0.15) is 27.7 Å². The van der Waals surface area contributed by atoms with Gasteiger partial charge >= 0.3 is 0 Å². The first-order valence-corrected chi connectivity index (χ1v) is 8.63. The molecule has 0 aliphatic rings. The first-order valence-electron chi connectivity index (χ1n) is 8.63. The normalized spacial score (nSPS) is 12.0. The lowest BCUT2D eigenvalue weighted by atomic mass is 10.0. The van der Waals surface area contributed by atoms with Crippen LogP contribution in [0.15, 0.2) is 69.5 Å². The monoisotopic (exact) mass is 330 g/mol. The van der Waals surface area contributed by atoms with Crippen LogP contribution in [0.2, 0.25) is 0 Å². The second kappa shape index (κ2) is 5.66. The third-order valence-corrected chi connectivity index (χ3v) is 3.88. The third kappa shape index (κ3) is 2.89. The Kier molecular flexibility index (Phi) is 3.57. The Labute approximate surface area is 147 Å². The minimum absolute atomic E-state index is 0.500. The Hall–Kier alpha value is -2.74. The van der Waals surface area contributed by atoms with E-state index in [0.717, 1.165) is 43.9 Å². The minimum atomic E-state index is 0.500. The second-order valence-electron chi connectivity index (χ2n) is 8.01. The molecule has 0 saturated heterocycles. The standard InChI is InChI=1S/C18H10O2.C5H12/c1-3-7-13-11(5-1)17-15(19-13)9-10-16-18(17)12-6-2-4-8-14(12)20-16;1-5(2,3)4/h1-10H;1-4H3. The predicted molar refractivity (Wildman–Crippen MR) is 106 cm³/mol. The molecule has 0 radical (unpaired) electrons. The van der Waals surface area contributed by atoms with E-state index < -0.39 is 0 Å². The third-order valence-electron chi connectivity index (χ3n) is 3.88. The Morgan fingerprint density at radius 1 is 0.520 bits per heavy atom. The lowest BCUT2D eigenvalue weighted by Crippen LogP contribution is -1.93. The van der Waals surface area contributed by atoms with E-state index in [-0.39, 0.29) is 0 Å². The zero-order valence-electron chi connectivity index (χ0n) is 15.1. The van der Waals surface area contributed by atoms with Crippen LogP contribution in [0, 0.1) is 5.41 Å². The Morgan fingerprint density at radius 3 is 1.28 bits per heavy atom. The van der Waals surface area contributed by atoms with E-state index in [1.165, 1.54) is 0 Å². The van der Waals surface area contributed by atoms with Gasteiger partial charge in [-0.05, 0) is 29.7 Å². The minimum Gasteiger partial charge on any atom is -0.456 e. The van der Waals surface area contributed by atoms with Gasteiger partial charge in [0.15, 0.2) is 0 Å². The smallest absolute Gasteiger partial charge is 0.136 e. The summed E-state index contributed by atoms with van der Waals surface area (Å²) in [6, 6.07) is 20.2. The number of rotatable bonds is 0. The van der Waals surface area contributed by atoms with E-state index in [4.69, 9.17) is 8.83 Å². The highest BCUT2D eigenvalue weighted by Gasteiger charge is 2.15. The van der Waals surface area contributed by atoms with E-state index in [1.54, 1.807) is 0 Å². The van der Waals surface area contributed by atoms with Gasteiger partial charge in [-0.2, -0.15) is 0 Å². The number of benzene rings is 3. The highest BCUT2D eigenvalue weighted by Crippen LogP contribution is 2.39. The van der Waals surface area contributed by atoms with Gasteiger partial charge in [0.05, 0.1) is 0 Å². The molecule has 5 aromatic rings. The summed E-state index contributed by atoms with van der Waals surface area (Å²) in [4.78, 5) is 0. The largest absolute Gasteiger partial charge is 0.456 e. The van der Waals surface area contributed by atoms with Crippen molar-refractivity contribution in [1.29, 1.82) is 0 Å². The molecule has 2 heterocycles. The maximum atomic E-state index is 5.94. The van der Waals surface area contributed by atoms with Gasteiger partial charge in [-0.25, -0.2) is 0 Å². The lowest BCUT2D eigenvalue weighted by molar-refractivity contribution is 0.469. The lowest BCUT2D eigenvalue weighted by Gasteiger charge is -2.05. The van der Waals surface area contributed by atoms with Gasteiger partial charge in [-0.15, -0.1) is 0 Å². The van der Waals surface area contributed by atoms with Crippen LogP contribution in [-0.2, 0) is 0 Å². The first kappa shape index (κ1) is 15.8. The van der Waals surface area contributed by atoms with E-state index >= 15 is 0 Å². The molecular formula is C23H22O2. The van der Waals surface area contributed by atoms with Crippen LogP contribution >= 0.6 is 0 Å². The molecule has 0 unspecified atom stereocenters. The molecular weight excluding hydrogens is 308 g/mol. The van der Waals surface area contributed by atoms with Crippen LogP contribution in [0.25, 0.3) is 43.9 Å². The van der Waals surface area contributed by atoms with Crippen molar-refractivity contribution in [3.8, 4) is 0 Å². The van der Waals surface area contributed by atoms with Gasteiger partial charge in [0, 0.05) is 21.5 Å². The van der Waals surface area contributed by atoms with Gasteiger partial charge in [0.2, 0.25) is 0 Å². The van der Waals surface area contributed by atoms with Crippen LogP contribution < -0.4 is 0 Å². The number of hydrogen-bond donors (Lipinski definition) is 0. The fourth-order valence-electron chi connectivity index (χ4n) is 3.03. The number of para-hydroxylation sites is 2. The van der Waals surface area contributed by atoms with Crippen molar-refractivity contribution in [2.45, 2.75) is 27.7 Å². The molecule has 0 bridgehead atoms. The van der Waals surface area contributed by atoms with Crippen molar-refractivity contribution >= 4 is 43.9 Å². The molecule has 0 atom stereocenters. The van der Waals surface area contributed by atoms with Gasteiger partial charge in [0.1, 0.15) is 22.3 Å². The van der Waals surface area contributed by atoms with E-state index in [9.17, 15) is 0 Å². The van der Waals surface area contributed by atoms with E-state index in [0.29, 0.717) is 5.41 Å². The fourth-order valence-corrected chi connectivity index (χ4v) is 3.03. The van der Waals surface area contributed by atoms with Crippen molar-refractivity contribution in [2.24, 2.45) is 5.41 Å². The summed E-state index contributed by atoms with van der Waals surface area (Å²) in [6.07, 6.45) is 0. The van der Waals surface area contributed by atoms with Gasteiger partial charge in [0.25, 0.3) is 0 Å². The maximum Gasteiger partial charge on any atom is 0.136 e. The molecule has 0 aliphatic heterocycles. The van der Waals surface area contributed by atoms with Crippen molar-refractivity contribution in [2.75, 3.05) is 0 Å². The number of hydrogen-bond acceptors (Lipinski definition) is 2. The molecule has 0 amide bonds. The van der Waals surface area contributed by atoms with E-state index in [1.807, 2.05) is 48.5 Å². The van der Waals surface area contributed by atoms with Gasteiger partial charge < -0.3 is 8.83 Å². The second-order valence-corrected chi connectivity index (χ2v) is 8.01. The predicted octanol–water partition coefficient (Wildman–Crippen LogP) is 7.54. The number of fused-ring (bicyclic) bond motifs is 7. The van der Waals surface area contributed by atoms with Crippen LogP contribution in [0.4, 0.5) is 0 Å². The Balaban J connectivity index is 0.000000280. The molecule has 2 nitrogen and oxygen atoms in total. The summed E-state index contributed by atoms with van der Waals surface area (Å²) in [5.41, 5.74) is 4.15. The molecule has 3 aromatic carbocycles.